The van der Waals surface area contributed by atoms with Gasteiger partial charge in [-0.15, -0.1) is 0 Å². The van der Waals surface area contributed by atoms with Crippen LogP contribution in [0.1, 0.15) is 5.56 Å². The van der Waals surface area contributed by atoms with E-state index in [0.29, 0.717) is 0 Å². The average molecular weight is 242 g/mol. The Kier molecular flexibility index (Phi) is 13.8. The SMILES string of the molecule is CSC.Cc1cc[c-]cc1.[Y]. The standard InChI is InChI=1S/C7H7.C2H6S.Y/c1-7-5-3-2-4-6-7;1-3-2;/h3-6H,1H3;1-2H3;/q-1;;. The molecule has 0 aliphatic heterocycles. The van der Waals surface area contributed by atoms with Crippen LogP contribution >= 0.6 is 11.8 Å². The van der Waals surface area contributed by atoms with Gasteiger partial charge >= 0.3 is 0 Å². The summed E-state index contributed by atoms with van der Waals surface area (Å²) in [5, 5.41) is 0. The van der Waals surface area contributed by atoms with E-state index in [2.05, 4.69) is 13.0 Å². The summed E-state index contributed by atoms with van der Waals surface area (Å²) in [7, 11) is 0. The van der Waals surface area contributed by atoms with E-state index >= 15 is 0 Å². The van der Waals surface area contributed by atoms with Crippen LogP contribution in [0, 0.1) is 13.0 Å². The third kappa shape index (κ3) is 10.7. The number of hydrogen-bond donors (Lipinski definition) is 0. The maximum Gasteiger partial charge on any atom is 0 e. The van der Waals surface area contributed by atoms with Crippen LogP contribution in [0.25, 0.3) is 0 Å². The second-order valence-corrected chi connectivity index (χ2v) is 2.80. The van der Waals surface area contributed by atoms with E-state index in [1.54, 1.807) is 11.8 Å². The van der Waals surface area contributed by atoms with Crippen LogP contribution in [-0.2, 0) is 32.7 Å². The molecule has 0 spiro atoms. The van der Waals surface area contributed by atoms with Crippen molar-refractivity contribution in [3.05, 3.63) is 35.9 Å². The number of thioether (sulfide) groups is 1. The minimum Gasteiger partial charge on any atom is -0.184 e. The molecule has 0 saturated heterocycles. The molecular weight excluding hydrogens is 229 g/mol. The maximum absolute atomic E-state index is 2.93. The summed E-state index contributed by atoms with van der Waals surface area (Å²) in [4.78, 5) is 0. The first-order chi connectivity index (χ1) is 4.81. The molecule has 1 radical (unpaired) electrons. The van der Waals surface area contributed by atoms with Gasteiger partial charge in [0, 0.05) is 32.7 Å². The monoisotopic (exact) mass is 242 g/mol. The second kappa shape index (κ2) is 10.7. The van der Waals surface area contributed by atoms with Crippen molar-refractivity contribution in [2.24, 2.45) is 0 Å². The average Bonchev–Trinajstić information content (AvgIpc) is 1.91. The molecule has 0 aliphatic carbocycles. The smallest absolute Gasteiger partial charge is 0 e. The van der Waals surface area contributed by atoms with Gasteiger partial charge in [0.15, 0.2) is 0 Å². The van der Waals surface area contributed by atoms with Gasteiger partial charge in [-0.25, -0.2) is 0 Å². The van der Waals surface area contributed by atoms with Crippen molar-refractivity contribution < 1.29 is 32.7 Å². The predicted octanol–water partition coefficient (Wildman–Crippen LogP) is 2.77. The molecule has 1 aromatic rings. The Morgan fingerprint density at radius 3 is 1.73 bits per heavy atom. The van der Waals surface area contributed by atoms with Crippen molar-refractivity contribution in [3.8, 4) is 0 Å². The Hall–Kier alpha value is 0.674. The van der Waals surface area contributed by atoms with Crippen LogP contribution in [0.5, 0.6) is 0 Å². The fourth-order valence-electron chi connectivity index (χ4n) is 0.470. The summed E-state index contributed by atoms with van der Waals surface area (Å²) in [5.41, 5.74) is 1.29. The van der Waals surface area contributed by atoms with Crippen LogP contribution in [0.15, 0.2) is 24.3 Å². The number of hydrogen-bond acceptors (Lipinski definition) is 1. The molecule has 1 rings (SSSR count). The van der Waals surface area contributed by atoms with E-state index < -0.39 is 0 Å². The summed E-state index contributed by atoms with van der Waals surface area (Å²) >= 11 is 1.75. The van der Waals surface area contributed by atoms with Crippen molar-refractivity contribution in [2.75, 3.05) is 12.5 Å². The van der Waals surface area contributed by atoms with Gasteiger partial charge in [0.2, 0.25) is 0 Å². The summed E-state index contributed by atoms with van der Waals surface area (Å²) in [6.45, 7) is 2.06. The molecule has 0 saturated carbocycles. The quantitative estimate of drug-likeness (QED) is 0.630. The molecule has 2 heteroatoms. The van der Waals surface area contributed by atoms with E-state index in [1.807, 2.05) is 36.8 Å². The van der Waals surface area contributed by atoms with Gasteiger partial charge in [-0.05, 0) is 12.5 Å². The molecule has 0 nitrogen and oxygen atoms in total. The van der Waals surface area contributed by atoms with Crippen molar-refractivity contribution in [1.82, 2.24) is 0 Å². The van der Waals surface area contributed by atoms with E-state index in [4.69, 9.17) is 0 Å². The van der Waals surface area contributed by atoms with Crippen LogP contribution in [-0.4, -0.2) is 12.5 Å². The minimum absolute atomic E-state index is 0. The topological polar surface area (TPSA) is 0 Å². The normalized spacial score (nSPS) is 7.18. The Morgan fingerprint density at radius 1 is 1.18 bits per heavy atom. The van der Waals surface area contributed by atoms with E-state index in [9.17, 15) is 0 Å². The molecule has 0 aromatic heterocycles. The van der Waals surface area contributed by atoms with Crippen molar-refractivity contribution in [1.29, 1.82) is 0 Å². The van der Waals surface area contributed by atoms with Gasteiger partial charge in [-0.1, -0.05) is 6.92 Å². The molecule has 0 heterocycles. The molecule has 0 atom stereocenters. The van der Waals surface area contributed by atoms with Crippen LogP contribution in [0.2, 0.25) is 0 Å². The number of benzene rings is 1. The minimum atomic E-state index is 0. The van der Waals surface area contributed by atoms with Gasteiger partial charge < -0.3 is 0 Å². The molecule has 0 fully saturated rings. The van der Waals surface area contributed by atoms with E-state index in [0.717, 1.165) is 0 Å². The van der Waals surface area contributed by atoms with Gasteiger partial charge in [0.05, 0.1) is 0 Å². The Labute approximate surface area is 99.0 Å². The third-order valence-electron chi connectivity index (χ3n) is 0.885. The van der Waals surface area contributed by atoms with Gasteiger partial charge in [-0.2, -0.15) is 47.7 Å². The number of rotatable bonds is 0. The zero-order valence-electron chi connectivity index (χ0n) is 7.29. The molecule has 0 bridgehead atoms. The second-order valence-electron chi connectivity index (χ2n) is 1.99. The van der Waals surface area contributed by atoms with Crippen LogP contribution in [0.3, 0.4) is 0 Å². The molecule has 59 valence electrons. The Balaban J connectivity index is 0. The summed E-state index contributed by atoms with van der Waals surface area (Å²) < 4.78 is 0. The van der Waals surface area contributed by atoms with Crippen molar-refractivity contribution in [3.63, 3.8) is 0 Å². The van der Waals surface area contributed by atoms with Gasteiger partial charge in [0.25, 0.3) is 0 Å². The number of aryl methyl sites for hydroxylation is 1. The summed E-state index contributed by atoms with van der Waals surface area (Å²) in [6.07, 6.45) is 4.08. The van der Waals surface area contributed by atoms with Gasteiger partial charge in [0.1, 0.15) is 0 Å². The molecular formula is C9H13SY-. The van der Waals surface area contributed by atoms with Crippen LogP contribution in [0.4, 0.5) is 0 Å². The van der Waals surface area contributed by atoms with E-state index in [1.165, 1.54) is 5.56 Å². The van der Waals surface area contributed by atoms with Crippen LogP contribution < -0.4 is 0 Å². The van der Waals surface area contributed by atoms with Gasteiger partial charge in [-0.3, -0.25) is 0 Å². The molecule has 0 amide bonds. The molecule has 1 aromatic carbocycles. The molecule has 0 unspecified atom stereocenters. The first-order valence-corrected chi connectivity index (χ1v) is 4.77. The fraction of sp³-hybridized carbons (Fsp3) is 0.333. The largest absolute Gasteiger partial charge is 0.184 e. The van der Waals surface area contributed by atoms with E-state index in [-0.39, 0.29) is 32.7 Å². The predicted molar refractivity (Wildman–Crippen MR) is 49.5 cm³/mol. The van der Waals surface area contributed by atoms with Crippen molar-refractivity contribution in [2.45, 2.75) is 6.92 Å². The third-order valence-corrected chi connectivity index (χ3v) is 0.885. The molecule has 11 heavy (non-hydrogen) atoms. The first kappa shape index (κ1) is 14.2. The molecule has 0 N–H and O–H groups in total. The summed E-state index contributed by atoms with van der Waals surface area (Å²) in [6, 6.07) is 10.8. The fourth-order valence-corrected chi connectivity index (χ4v) is 0.470. The maximum atomic E-state index is 2.93. The zero-order chi connectivity index (χ0) is 7.82. The first-order valence-electron chi connectivity index (χ1n) is 3.14. The Bertz CT molecular complexity index is 151. The van der Waals surface area contributed by atoms with Crippen molar-refractivity contribution >= 4 is 11.8 Å². The molecule has 0 aliphatic rings. The Morgan fingerprint density at radius 2 is 1.55 bits per heavy atom. The summed E-state index contributed by atoms with van der Waals surface area (Å²) in [5.74, 6) is 0. The zero-order valence-corrected chi connectivity index (χ0v) is 10.9.